The van der Waals surface area contributed by atoms with Gasteiger partial charge >= 0.3 is 0 Å². The van der Waals surface area contributed by atoms with Crippen LogP contribution in [-0.4, -0.2) is 41.9 Å². The quantitative estimate of drug-likeness (QED) is 0.939. The molecule has 1 saturated heterocycles. The number of methoxy groups -OCH3 is 1. The van der Waals surface area contributed by atoms with Gasteiger partial charge in [-0.25, -0.2) is 4.98 Å². The highest BCUT2D eigenvalue weighted by Crippen LogP contribution is 2.31. The van der Waals surface area contributed by atoms with Gasteiger partial charge in [-0.15, -0.1) is 11.3 Å². The highest BCUT2D eigenvalue weighted by molar-refractivity contribution is 7.09. The maximum Gasteiger partial charge on any atom is 0.160 e. The summed E-state index contributed by atoms with van der Waals surface area (Å²) >= 11 is 1.68. The minimum absolute atomic E-state index is 0.167. The number of morpholine rings is 1. The SMILES string of the molecule is COc1cc(CN2CCOCC2c2nc(C)cs2)ccc1O. The standard InChI is InChI=1S/C16H20N2O3S/c1-11-10-22-16(17-11)13-9-21-6-5-18(13)8-12-3-4-14(19)15(7-12)20-2/h3-4,7,10,13,19H,5-6,8-9H2,1-2H3. The Morgan fingerprint density at radius 2 is 2.36 bits per heavy atom. The van der Waals surface area contributed by atoms with E-state index in [1.165, 1.54) is 0 Å². The molecule has 0 saturated carbocycles. The fourth-order valence-corrected chi connectivity index (χ4v) is 3.55. The summed E-state index contributed by atoms with van der Waals surface area (Å²) in [7, 11) is 1.56. The van der Waals surface area contributed by atoms with E-state index in [0.717, 1.165) is 36.0 Å². The molecule has 5 nitrogen and oxygen atoms in total. The fourth-order valence-electron chi connectivity index (χ4n) is 2.63. The second-order valence-corrected chi connectivity index (χ2v) is 6.28. The van der Waals surface area contributed by atoms with Gasteiger partial charge in [0.05, 0.1) is 26.4 Å². The van der Waals surface area contributed by atoms with Crippen LogP contribution in [0.4, 0.5) is 0 Å². The Morgan fingerprint density at radius 3 is 3.09 bits per heavy atom. The first-order valence-electron chi connectivity index (χ1n) is 7.27. The number of thiazole rings is 1. The van der Waals surface area contributed by atoms with Crippen LogP contribution in [0.1, 0.15) is 22.3 Å². The van der Waals surface area contributed by atoms with Gasteiger partial charge in [0.1, 0.15) is 5.01 Å². The monoisotopic (exact) mass is 320 g/mol. The third-order valence-electron chi connectivity index (χ3n) is 3.79. The largest absolute Gasteiger partial charge is 0.504 e. The minimum atomic E-state index is 0.167. The molecular weight excluding hydrogens is 300 g/mol. The van der Waals surface area contributed by atoms with Crippen molar-refractivity contribution in [1.82, 2.24) is 9.88 Å². The third kappa shape index (κ3) is 3.24. The summed E-state index contributed by atoms with van der Waals surface area (Å²) in [5.41, 5.74) is 2.16. The van der Waals surface area contributed by atoms with Crippen LogP contribution in [-0.2, 0) is 11.3 Å². The molecule has 0 aliphatic carbocycles. The van der Waals surface area contributed by atoms with Crippen LogP contribution in [0, 0.1) is 6.92 Å². The van der Waals surface area contributed by atoms with E-state index in [1.807, 2.05) is 19.1 Å². The summed E-state index contributed by atoms with van der Waals surface area (Å²) in [6, 6.07) is 5.68. The van der Waals surface area contributed by atoms with E-state index < -0.39 is 0 Å². The van der Waals surface area contributed by atoms with Gasteiger partial charge in [-0.05, 0) is 24.6 Å². The fraction of sp³-hybridized carbons (Fsp3) is 0.438. The van der Waals surface area contributed by atoms with Gasteiger partial charge in [-0.2, -0.15) is 0 Å². The Hall–Kier alpha value is -1.63. The highest BCUT2D eigenvalue weighted by Gasteiger charge is 2.27. The normalized spacial score (nSPS) is 19.3. The minimum Gasteiger partial charge on any atom is -0.504 e. The number of hydrogen-bond acceptors (Lipinski definition) is 6. The summed E-state index contributed by atoms with van der Waals surface area (Å²) in [5, 5.41) is 12.9. The summed E-state index contributed by atoms with van der Waals surface area (Å²) in [6.07, 6.45) is 0. The van der Waals surface area contributed by atoms with Crippen molar-refractivity contribution in [2.24, 2.45) is 0 Å². The summed E-state index contributed by atoms with van der Waals surface area (Å²) in [4.78, 5) is 6.97. The second kappa shape index (κ2) is 6.64. The summed E-state index contributed by atoms with van der Waals surface area (Å²) < 4.78 is 10.8. The molecule has 0 amide bonds. The van der Waals surface area contributed by atoms with Gasteiger partial charge in [0.25, 0.3) is 0 Å². The molecule has 118 valence electrons. The van der Waals surface area contributed by atoms with Crippen LogP contribution in [0.25, 0.3) is 0 Å². The van der Waals surface area contributed by atoms with E-state index in [4.69, 9.17) is 9.47 Å². The Kier molecular flexibility index (Phi) is 4.61. The maximum atomic E-state index is 9.71. The van der Waals surface area contributed by atoms with Gasteiger partial charge in [-0.3, -0.25) is 4.90 Å². The van der Waals surface area contributed by atoms with Gasteiger partial charge in [0.15, 0.2) is 11.5 Å². The second-order valence-electron chi connectivity index (χ2n) is 5.39. The van der Waals surface area contributed by atoms with Crippen molar-refractivity contribution in [2.75, 3.05) is 26.9 Å². The first-order valence-corrected chi connectivity index (χ1v) is 8.15. The molecule has 1 aromatic carbocycles. The zero-order valence-electron chi connectivity index (χ0n) is 12.8. The number of aryl methyl sites for hydroxylation is 1. The zero-order chi connectivity index (χ0) is 15.5. The van der Waals surface area contributed by atoms with Crippen LogP contribution in [0.3, 0.4) is 0 Å². The van der Waals surface area contributed by atoms with Crippen molar-refractivity contribution in [3.63, 3.8) is 0 Å². The van der Waals surface area contributed by atoms with Gasteiger partial charge in [0, 0.05) is 24.2 Å². The van der Waals surface area contributed by atoms with Crippen LogP contribution >= 0.6 is 11.3 Å². The lowest BCUT2D eigenvalue weighted by molar-refractivity contribution is -0.0128. The number of ether oxygens (including phenoxy) is 2. The van der Waals surface area contributed by atoms with Crippen molar-refractivity contribution < 1.29 is 14.6 Å². The molecule has 1 aliphatic rings. The van der Waals surface area contributed by atoms with Crippen molar-refractivity contribution in [3.05, 3.63) is 39.8 Å². The number of hydrogen-bond donors (Lipinski definition) is 1. The third-order valence-corrected chi connectivity index (χ3v) is 4.85. The molecule has 1 atom stereocenters. The average molecular weight is 320 g/mol. The van der Waals surface area contributed by atoms with E-state index in [-0.39, 0.29) is 11.8 Å². The van der Waals surface area contributed by atoms with Gasteiger partial charge < -0.3 is 14.6 Å². The number of phenolic OH excluding ortho intramolecular Hbond substituents is 1. The van der Waals surface area contributed by atoms with E-state index >= 15 is 0 Å². The van der Waals surface area contributed by atoms with E-state index in [0.29, 0.717) is 12.4 Å². The Morgan fingerprint density at radius 1 is 1.50 bits per heavy atom. The zero-order valence-corrected chi connectivity index (χ0v) is 13.6. The molecule has 3 rings (SSSR count). The van der Waals surface area contributed by atoms with Crippen molar-refractivity contribution in [3.8, 4) is 11.5 Å². The molecule has 6 heteroatoms. The smallest absolute Gasteiger partial charge is 0.160 e. The Bertz CT molecular complexity index is 644. The summed E-state index contributed by atoms with van der Waals surface area (Å²) in [5.74, 6) is 0.674. The van der Waals surface area contributed by atoms with Crippen molar-refractivity contribution in [2.45, 2.75) is 19.5 Å². The van der Waals surface area contributed by atoms with Crippen molar-refractivity contribution >= 4 is 11.3 Å². The highest BCUT2D eigenvalue weighted by atomic mass is 32.1. The lowest BCUT2D eigenvalue weighted by Crippen LogP contribution is -2.39. The number of rotatable bonds is 4. The lowest BCUT2D eigenvalue weighted by atomic mass is 10.1. The molecule has 0 bridgehead atoms. The first kappa shape index (κ1) is 15.3. The molecule has 1 fully saturated rings. The maximum absolute atomic E-state index is 9.71. The average Bonchev–Trinajstić information content (AvgIpc) is 2.96. The van der Waals surface area contributed by atoms with Crippen LogP contribution in [0.15, 0.2) is 23.6 Å². The molecule has 1 N–H and O–H groups in total. The van der Waals surface area contributed by atoms with Crippen LogP contribution in [0.5, 0.6) is 11.5 Å². The number of benzene rings is 1. The Balaban J connectivity index is 1.79. The molecular formula is C16H20N2O3S. The van der Waals surface area contributed by atoms with Crippen LogP contribution < -0.4 is 4.74 Å². The molecule has 22 heavy (non-hydrogen) atoms. The number of aromatic hydroxyl groups is 1. The molecule has 0 spiro atoms. The predicted molar refractivity (Wildman–Crippen MR) is 85.5 cm³/mol. The number of nitrogens with zero attached hydrogens (tertiary/aromatic N) is 2. The Labute approximate surface area is 134 Å². The number of aromatic nitrogens is 1. The predicted octanol–water partition coefficient (Wildman–Crippen LogP) is 2.74. The first-order chi connectivity index (χ1) is 10.7. The lowest BCUT2D eigenvalue weighted by Gasteiger charge is -2.34. The summed E-state index contributed by atoms with van der Waals surface area (Å²) in [6.45, 7) is 5.06. The van der Waals surface area contributed by atoms with E-state index in [9.17, 15) is 5.11 Å². The molecule has 2 aromatic rings. The molecule has 0 radical (unpaired) electrons. The number of phenols is 1. The molecule has 1 unspecified atom stereocenters. The van der Waals surface area contributed by atoms with Gasteiger partial charge in [0.2, 0.25) is 0 Å². The molecule has 2 heterocycles. The molecule has 1 aliphatic heterocycles. The topological polar surface area (TPSA) is 54.8 Å². The molecule has 1 aromatic heterocycles. The van der Waals surface area contributed by atoms with Crippen molar-refractivity contribution in [1.29, 1.82) is 0 Å². The van der Waals surface area contributed by atoms with E-state index in [2.05, 4.69) is 15.3 Å². The van der Waals surface area contributed by atoms with E-state index in [1.54, 1.807) is 24.5 Å². The van der Waals surface area contributed by atoms with Gasteiger partial charge in [-0.1, -0.05) is 6.07 Å². The van der Waals surface area contributed by atoms with Crippen LogP contribution in [0.2, 0.25) is 0 Å².